The standard InChI is InChI=1S/C16H20FN3/c1-12-3-4-13(9-14(12)17)20-11-19-10-15(20)16(2)5-7-18-8-6-16/h3-4,9-11,18H,5-8H2,1-2H3. The molecule has 2 aromatic rings. The summed E-state index contributed by atoms with van der Waals surface area (Å²) < 4.78 is 15.8. The number of piperidine rings is 1. The first kappa shape index (κ1) is 13.3. The highest BCUT2D eigenvalue weighted by molar-refractivity contribution is 5.38. The van der Waals surface area contributed by atoms with Gasteiger partial charge in [0, 0.05) is 23.0 Å². The Hall–Kier alpha value is -1.68. The van der Waals surface area contributed by atoms with Gasteiger partial charge in [0.1, 0.15) is 5.82 Å². The number of hydrogen-bond acceptors (Lipinski definition) is 2. The van der Waals surface area contributed by atoms with Crippen molar-refractivity contribution in [3.63, 3.8) is 0 Å². The normalized spacial score (nSPS) is 18.1. The number of benzene rings is 1. The number of rotatable bonds is 2. The molecule has 20 heavy (non-hydrogen) atoms. The SMILES string of the molecule is Cc1ccc(-n2cncc2C2(C)CCNCC2)cc1F. The number of nitrogens with zero attached hydrogens (tertiary/aromatic N) is 2. The van der Waals surface area contributed by atoms with E-state index in [1.165, 1.54) is 5.69 Å². The van der Waals surface area contributed by atoms with Gasteiger partial charge < -0.3 is 9.88 Å². The third kappa shape index (κ3) is 2.24. The molecule has 0 unspecified atom stereocenters. The second-order valence-electron chi connectivity index (χ2n) is 5.89. The molecule has 3 rings (SSSR count). The summed E-state index contributed by atoms with van der Waals surface area (Å²) >= 11 is 0. The molecule has 1 saturated heterocycles. The molecule has 1 aromatic heterocycles. The molecule has 3 nitrogen and oxygen atoms in total. The maximum atomic E-state index is 13.8. The zero-order valence-corrected chi connectivity index (χ0v) is 12.0. The zero-order chi connectivity index (χ0) is 14.2. The fourth-order valence-corrected chi connectivity index (χ4v) is 2.91. The Kier molecular flexibility index (Phi) is 3.34. The van der Waals surface area contributed by atoms with Gasteiger partial charge in [-0.15, -0.1) is 0 Å². The van der Waals surface area contributed by atoms with E-state index in [1.807, 2.05) is 22.9 Å². The van der Waals surface area contributed by atoms with Crippen molar-refractivity contribution in [2.24, 2.45) is 0 Å². The van der Waals surface area contributed by atoms with E-state index in [0.717, 1.165) is 31.6 Å². The lowest BCUT2D eigenvalue weighted by atomic mass is 9.78. The molecule has 106 valence electrons. The van der Waals surface area contributed by atoms with Gasteiger partial charge in [0.25, 0.3) is 0 Å². The largest absolute Gasteiger partial charge is 0.317 e. The third-order valence-electron chi connectivity index (χ3n) is 4.40. The molecular formula is C16H20FN3. The smallest absolute Gasteiger partial charge is 0.128 e. The van der Waals surface area contributed by atoms with Crippen molar-refractivity contribution < 1.29 is 4.39 Å². The van der Waals surface area contributed by atoms with Crippen molar-refractivity contribution in [1.82, 2.24) is 14.9 Å². The Morgan fingerprint density at radius 3 is 2.75 bits per heavy atom. The molecule has 0 amide bonds. The highest BCUT2D eigenvalue weighted by atomic mass is 19.1. The maximum Gasteiger partial charge on any atom is 0.128 e. The molecule has 0 radical (unpaired) electrons. The van der Waals surface area contributed by atoms with Gasteiger partial charge in [0.2, 0.25) is 0 Å². The van der Waals surface area contributed by atoms with Gasteiger partial charge in [0.15, 0.2) is 0 Å². The third-order valence-corrected chi connectivity index (χ3v) is 4.40. The first-order valence-electron chi connectivity index (χ1n) is 7.10. The minimum absolute atomic E-state index is 0.100. The lowest BCUT2D eigenvalue weighted by molar-refractivity contribution is 0.324. The summed E-state index contributed by atoms with van der Waals surface area (Å²) in [5.74, 6) is -0.169. The molecule has 0 aliphatic carbocycles. The van der Waals surface area contributed by atoms with Crippen LogP contribution in [0, 0.1) is 12.7 Å². The molecule has 1 N–H and O–H groups in total. The number of nitrogens with one attached hydrogen (secondary N) is 1. The lowest BCUT2D eigenvalue weighted by Crippen LogP contribution is -2.38. The Morgan fingerprint density at radius 2 is 2.05 bits per heavy atom. The summed E-state index contributed by atoms with van der Waals surface area (Å²) in [6.45, 7) is 6.09. The van der Waals surface area contributed by atoms with Gasteiger partial charge in [-0.25, -0.2) is 9.37 Å². The summed E-state index contributed by atoms with van der Waals surface area (Å²) in [6.07, 6.45) is 5.86. The van der Waals surface area contributed by atoms with Crippen molar-refractivity contribution in [2.45, 2.75) is 32.1 Å². The van der Waals surface area contributed by atoms with Crippen LogP contribution in [0.25, 0.3) is 5.69 Å². The van der Waals surface area contributed by atoms with E-state index in [2.05, 4.69) is 17.2 Å². The molecule has 1 aliphatic rings. The topological polar surface area (TPSA) is 29.9 Å². The summed E-state index contributed by atoms with van der Waals surface area (Å²) in [6, 6.07) is 5.36. The van der Waals surface area contributed by atoms with Crippen LogP contribution < -0.4 is 5.32 Å². The molecule has 0 atom stereocenters. The second kappa shape index (κ2) is 5.02. The molecule has 1 aliphatic heterocycles. The van der Waals surface area contributed by atoms with E-state index < -0.39 is 0 Å². The molecule has 0 saturated carbocycles. The van der Waals surface area contributed by atoms with Crippen LogP contribution in [-0.4, -0.2) is 22.6 Å². The minimum Gasteiger partial charge on any atom is -0.317 e. The number of imidazole rings is 1. The van der Waals surface area contributed by atoms with Crippen molar-refractivity contribution in [3.8, 4) is 5.69 Å². The van der Waals surface area contributed by atoms with Crippen molar-refractivity contribution in [3.05, 3.63) is 47.8 Å². The van der Waals surface area contributed by atoms with Gasteiger partial charge in [-0.2, -0.15) is 0 Å². The number of aromatic nitrogens is 2. The van der Waals surface area contributed by atoms with Crippen LogP contribution in [0.3, 0.4) is 0 Å². The Bertz CT molecular complexity index is 612. The first-order valence-corrected chi connectivity index (χ1v) is 7.10. The maximum absolute atomic E-state index is 13.8. The van der Waals surface area contributed by atoms with Crippen LogP contribution in [0.1, 0.15) is 31.0 Å². The molecule has 2 heterocycles. The van der Waals surface area contributed by atoms with Gasteiger partial charge in [0.05, 0.1) is 6.33 Å². The monoisotopic (exact) mass is 273 g/mol. The zero-order valence-electron chi connectivity index (χ0n) is 12.0. The molecule has 4 heteroatoms. The van der Waals surface area contributed by atoms with Gasteiger partial charge in [-0.05, 0) is 50.6 Å². The number of halogens is 1. The molecule has 1 aromatic carbocycles. The number of hydrogen-bond donors (Lipinski definition) is 1. The van der Waals surface area contributed by atoms with Crippen LogP contribution in [0.2, 0.25) is 0 Å². The van der Waals surface area contributed by atoms with Crippen molar-refractivity contribution in [2.75, 3.05) is 13.1 Å². The lowest BCUT2D eigenvalue weighted by Gasteiger charge is -2.34. The van der Waals surface area contributed by atoms with Crippen molar-refractivity contribution >= 4 is 0 Å². The molecule has 0 bridgehead atoms. The predicted molar refractivity (Wildman–Crippen MR) is 77.7 cm³/mol. The summed E-state index contributed by atoms with van der Waals surface area (Å²) in [5, 5.41) is 3.39. The Balaban J connectivity index is 2.03. The highest BCUT2D eigenvalue weighted by Crippen LogP contribution is 2.34. The van der Waals surface area contributed by atoms with E-state index in [-0.39, 0.29) is 11.2 Å². The average Bonchev–Trinajstić information content (AvgIpc) is 2.93. The molecular weight excluding hydrogens is 253 g/mol. The molecule has 1 fully saturated rings. The van der Waals surface area contributed by atoms with Crippen molar-refractivity contribution in [1.29, 1.82) is 0 Å². The van der Waals surface area contributed by atoms with E-state index in [4.69, 9.17) is 0 Å². The summed E-state index contributed by atoms with van der Waals surface area (Å²) in [5.41, 5.74) is 2.79. The Labute approximate surface area is 118 Å². The van der Waals surface area contributed by atoms with Crippen LogP contribution >= 0.6 is 0 Å². The van der Waals surface area contributed by atoms with Crippen LogP contribution in [0.4, 0.5) is 4.39 Å². The summed E-state index contributed by atoms with van der Waals surface area (Å²) in [4.78, 5) is 4.29. The van der Waals surface area contributed by atoms with Gasteiger partial charge in [-0.3, -0.25) is 0 Å². The van der Waals surface area contributed by atoms with Crippen LogP contribution in [-0.2, 0) is 5.41 Å². The first-order chi connectivity index (χ1) is 9.60. The second-order valence-corrected chi connectivity index (χ2v) is 5.89. The highest BCUT2D eigenvalue weighted by Gasteiger charge is 2.32. The fourth-order valence-electron chi connectivity index (χ4n) is 2.91. The van der Waals surface area contributed by atoms with Gasteiger partial charge in [-0.1, -0.05) is 13.0 Å². The molecule has 0 spiro atoms. The predicted octanol–water partition coefficient (Wildman–Crippen LogP) is 2.96. The Morgan fingerprint density at radius 1 is 1.30 bits per heavy atom. The van der Waals surface area contributed by atoms with Crippen LogP contribution in [0.5, 0.6) is 0 Å². The quantitative estimate of drug-likeness (QED) is 0.911. The van der Waals surface area contributed by atoms with Crippen LogP contribution in [0.15, 0.2) is 30.7 Å². The van der Waals surface area contributed by atoms with E-state index >= 15 is 0 Å². The van der Waals surface area contributed by atoms with E-state index in [1.54, 1.807) is 19.3 Å². The summed E-state index contributed by atoms with van der Waals surface area (Å²) in [7, 11) is 0. The fraction of sp³-hybridized carbons (Fsp3) is 0.438. The van der Waals surface area contributed by atoms with E-state index in [9.17, 15) is 4.39 Å². The number of aryl methyl sites for hydroxylation is 1. The van der Waals surface area contributed by atoms with E-state index in [0.29, 0.717) is 5.56 Å². The minimum atomic E-state index is -0.169. The average molecular weight is 273 g/mol. The van der Waals surface area contributed by atoms with Gasteiger partial charge >= 0.3 is 0 Å².